The Morgan fingerprint density at radius 1 is 0.895 bits per heavy atom. The number of nitrogens with one attached hydrogen (secondary N) is 2. The fraction of sp³-hybridized carbons (Fsp3) is 0.214. The number of carbonyl (C=O) groups is 2. The van der Waals surface area contributed by atoms with E-state index in [1.54, 1.807) is 18.2 Å². The minimum absolute atomic E-state index is 0.129. The highest BCUT2D eigenvalue weighted by Gasteiger charge is 2.18. The van der Waals surface area contributed by atoms with Crippen molar-refractivity contribution < 1.29 is 19.1 Å². The second-order valence-corrected chi connectivity index (χ2v) is 9.47. The van der Waals surface area contributed by atoms with E-state index in [1.807, 2.05) is 66.9 Å². The molecule has 9 nitrogen and oxygen atoms in total. The van der Waals surface area contributed by atoms with Crippen LogP contribution in [0.5, 0.6) is 11.5 Å². The number of benzene rings is 3. The smallest absolute Gasteiger partial charge is 0.251 e. The molecule has 0 aliphatic carbocycles. The second kappa shape index (κ2) is 12.3. The predicted octanol–water partition coefficient (Wildman–Crippen LogP) is 4.56. The maximum Gasteiger partial charge on any atom is 0.251 e. The first-order chi connectivity index (χ1) is 18.4. The maximum atomic E-state index is 12.9. The molecule has 0 unspecified atom stereocenters. The van der Waals surface area contributed by atoms with Gasteiger partial charge in [0, 0.05) is 16.9 Å². The molecule has 1 heterocycles. The highest BCUT2D eigenvalue weighted by atomic mass is 32.2. The first-order valence-electron chi connectivity index (χ1n) is 11.9. The molecule has 0 saturated carbocycles. The Morgan fingerprint density at radius 3 is 2.34 bits per heavy atom. The zero-order chi connectivity index (χ0) is 27.1. The van der Waals surface area contributed by atoms with Crippen LogP contribution in [0.1, 0.15) is 27.3 Å². The molecular formula is C28H29N5O4S. The monoisotopic (exact) mass is 531 g/mol. The fourth-order valence-corrected chi connectivity index (χ4v) is 4.59. The maximum absolute atomic E-state index is 12.9. The third-order valence-corrected chi connectivity index (χ3v) is 6.58. The predicted molar refractivity (Wildman–Crippen MR) is 147 cm³/mol. The molecule has 3 aromatic carbocycles. The molecule has 1 aromatic heterocycles. The lowest BCUT2D eigenvalue weighted by molar-refractivity contribution is -0.113. The molecule has 196 valence electrons. The molecule has 0 spiro atoms. The molecule has 2 N–H and O–H groups in total. The quantitative estimate of drug-likeness (QED) is 0.289. The number of thioether (sulfide) groups is 1. The van der Waals surface area contributed by atoms with Gasteiger partial charge < -0.3 is 20.1 Å². The first-order valence-corrected chi connectivity index (χ1v) is 12.9. The molecule has 0 atom stereocenters. The molecule has 0 aliphatic heterocycles. The summed E-state index contributed by atoms with van der Waals surface area (Å²) in [4.78, 5) is 25.5. The van der Waals surface area contributed by atoms with Crippen molar-refractivity contribution in [2.45, 2.75) is 25.5 Å². The van der Waals surface area contributed by atoms with E-state index < -0.39 is 0 Å². The van der Waals surface area contributed by atoms with Crippen molar-refractivity contribution >= 4 is 29.3 Å². The van der Waals surface area contributed by atoms with E-state index in [0.29, 0.717) is 28.0 Å². The molecule has 4 aromatic rings. The summed E-state index contributed by atoms with van der Waals surface area (Å²) in [5.41, 5.74) is 4.13. The number of nitrogens with zero attached hydrogens (tertiary/aromatic N) is 3. The standard InChI is InChI=1S/C28H29N5O4S/c1-18-7-5-9-21(13-18)30-26(34)17-38-28-32-31-25(33(28)22-10-6-8-19(2)14-22)16-29-27(35)20-11-12-23(36-3)24(15-20)37-4/h5-15H,16-17H2,1-4H3,(H,29,35)(H,30,34). The van der Waals surface area contributed by atoms with Crippen LogP contribution in [0.4, 0.5) is 5.69 Å². The van der Waals surface area contributed by atoms with Gasteiger partial charge in [-0.25, -0.2) is 0 Å². The van der Waals surface area contributed by atoms with Crippen molar-refractivity contribution in [3.8, 4) is 17.2 Å². The Hall–Kier alpha value is -4.31. The zero-order valence-electron chi connectivity index (χ0n) is 21.6. The molecule has 0 fully saturated rings. The highest BCUT2D eigenvalue weighted by Crippen LogP contribution is 2.28. The SMILES string of the molecule is COc1ccc(C(=O)NCc2nnc(SCC(=O)Nc3cccc(C)c3)n2-c2cccc(C)c2)cc1OC. The van der Waals surface area contributed by atoms with Gasteiger partial charge in [-0.2, -0.15) is 0 Å². The molecule has 0 radical (unpaired) electrons. The number of aryl methyl sites for hydroxylation is 2. The number of hydrogen-bond donors (Lipinski definition) is 2. The Kier molecular flexibility index (Phi) is 8.65. The van der Waals surface area contributed by atoms with E-state index in [1.165, 1.54) is 26.0 Å². The minimum Gasteiger partial charge on any atom is -0.493 e. The summed E-state index contributed by atoms with van der Waals surface area (Å²) in [5.74, 6) is 1.24. The van der Waals surface area contributed by atoms with Gasteiger partial charge in [-0.3, -0.25) is 14.2 Å². The van der Waals surface area contributed by atoms with Crippen LogP contribution in [0, 0.1) is 13.8 Å². The van der Waals surface area contributed by atoms with Crippen molar-refractivity contribution in [2.75, 3.05) is 25.3 Å². The Morgan fingerprint density at radius 2 is 1.63 bits per heavy atom. The first kappa shape index (κ1) is 26.7. The Balaban J connectivity index is 1.51. The second-order valence-electron chi connectivity index (χ2n) is 8.53. The summed E-state index contributed by atoms with van der Waals surface area (Å²) in [7, 11) is 3.06. The molecular weight excluding hydrogens is 502 g/mol. The number of methoxy groups -OCH3 is 2. The molecule has 38 heavy (non-hydrogen) atoms. The lowest BCUT2D eigenvalue weighted by atomic mass is 10.2. The summed E-state index contributed by atoms with van der Waals surface area (Å²) >= 11 is 1.27. The lowest BCUT2D eigenvalue weighted by Crippen LogP contribution is -2.24. The summed E-state index contributed by atoms with van der Waals surface area (Å²) in [6, 6.07) is 20.5. The van der Waals surface area contributed by atoms with E-state index in [0.717, 1.165) is 22.5 Å². The third kappa shape index (κ3) is 6.51. The van der Waals surface area contributed by atoms with Gasteiger partial charge in [0.2, 0.25) is 5.91 Å². The average Bonchev–Trinajstić information content (AvgIpc) is 3.33. The van der Waals surface area contributed by atoms with Gasteiger partial charge in [0.25, 0.3) is 5.91 Å². The average molecular weight is 532 g/mol. The van der Waals surface area contributed by atoms with Gasteiger partial charge in [-0.1, -0.05) is 36.0 Å². The summed E-state index contributed by atoms with van der Waals surface area (Å²) in [5, 5.41) is 15.0. The molecule has 10 heteroatoms. The molecule has 2 amide bonds. The van der Waals surface area contributed by atoms with Crippen LogP contribution in [0.25, 0.3) is 5.69 Å². The number of hydrogen-bond acceptors (Lipinski definition) is 7. The number of amides is 2. The fourth-order valence-electron chi connectivity index (χ4n) is 3.82. The van der Waals surface area contributed by atoms with E-state index in [9.17, 15) is 9.59 Å². The molecule has 0 saturated heterocycles. The van der Waals surface area contributed by atoms with Gasteiger partial charge in [-0.15, -0.1) is 10.2 Å². The van der Waals surface area contributed by atoms with E-state index in [4.69, 9.17) is 9.47 Å². The zero-order valence-corrected chi connectivity index (χ0v) is 22.5. The minimum atomic E-state index is -0.295. The van der Waals surface area contributed by atoms with Crippen LogP contribution in [0.15, 0.2) is 71.9 Å². The van der Waals surface area contributed by atoms with Gasteiger partial charge in [0.1, 0.15) is 0 Å². The Labute approximate surface area is 225 Å². The van der Waals surface area contributed by atoms with E-state index >= 15 is 0 Å². The molecule has 0 aliphatic rings. The van der Waals surface area contributed by atoms with Crippen LogP contribution >= 0.6 is 11.8 Å². The molecule has 0 bridgehead atoms. The lowest BCUT2D eigenvalue weighted by Gasteiger charge is -2.12. The topological polar surface area (TPSA) is 107 Å². The highest BCUT2D eigenvalue weighted by molar-refractivity contribution is 7.99. The molecule has 4 rings (SSSR count). The van der Waals surface area contributed by atoms with Crippen molar-refractivity contribution in [3.05, 3.63) is 89.2 Å². The Bertz CT molecular complexity index is 1450. The van der Waals surface area contributed by atoms with Crippen molar-refractivity contribution in [2.24, 2.45) is 0 Å². The van der Waals surface area contributed by atoms with Gasteiger partial charge in [-0.05, 0) is 67.4 Å². The summed E-state index contributed by atoms with van der Waals surface area (Å²) < 4.78 is 12.4. The normalized spacial score (nSPS) is 10.6. The number of aromatic nitrogens is 3. The largest absolute Gasteiger partial charge is 0.493 e. The van der Waals surface area contributed by atoms with Crippen LogP contribution in [-0.4, -0.2) is 46.6 Å². The number of rotatable bonds is 10. The number of carbonyl (C=O) groups excluding carboxylic acids is 2. The summed E-state index contributed by atoms with van der Waals surface area (Å²) in [6.07, 6.45) is 0. The van der Waals surface area contributed by atoms with Crippen molar-refractivity contribution in [1.29, 1.82) is 0 Å². The van der Waals surface area contributed by atoms with Crippen LogP contribution < -0.4 is 20.1 Å². The van der Waals surface area contributed by atoms with E-state index in [-0.39, 0.29) is 24.1 Å². The van der Waals surface area contributed by atoms with Gasteiger partial charge >= 0.3 is 0 Å². The summed E-state index contributed by atoms with van der Waals surface area (Å²) in [6.45, 7) is 4.10. The van der Waals surface area contributed by atoms with Crippen LogP contribution in [0.2, 0.25) is 0 Å². The van der Waals surface area contributed by atoms with Crippen molar-refractivity contribution in [1.82, 2.24) is 20.1 Å². The van der Waals surface area contributed by atoms with Gasteiger partial charge in [0.05, 0.1) is 26.5 Å². The van der Waals surface area contributed by atoms with Crippen LogP contribution in [-0.2, 0) is 11.3 Å². The third-order valence-electron chi connectivity index (χ3n) is 5.65. The van der Waals surface area contributed by atoms with Gasteiger partial charge in [0.15, 0.2) is 22.5 Å². The van der Waals surface area contributed by atoms with E-state index in [2.05, 4.69) is 20.8 Å². The number of anilines is 1. The van der Waals surface area contributed by atoms with Crippen molar-refractivity contribution in [3.63, 3.8) is 0 Å². The number of ether oxygens (including phenoxy) is 2. The van der Waals surface area contributed by atoms with Crippen LogP contribution in [0.3, 0.4) is 0 Å².